The molecule has 0 spiro atoms. The molecule has 0 aromatic rings. The molecule has 0 unspecified atom stereocenters. The molecule has 0 aliphatic rings. The van der Waals surface area contributed by atoms with Crippen LogP contribution in [0, 0.1) is 0 Å². The normalized spacial score (nSPS) is 11.9. The Kier molecular flexibility index (Phi) is 60.0. The van der Waals surface area contributed by atoms with Gasteiger partial charge in [-0.15, -0.1) is 0 Å². The third kappa shape index (κ3) is 49.1. The molecule has 0 atom stereocenters. The fourth-order valence-electron chi connectivity index (χ4n) is 11.9. The molecular weight excluding hydrogens is 1020 g/mol. The molecule has 0 saturated heterocycles. The van der Waals surface area contributed by atoms with Crippen molar-refractivity contribution in [3.8, 4) is 0 Å². The Hall–Kier alpha value is -1.21. The number of rotatable bonds is 68. The zero-order chi connectivity index (χ0) is 58.4. The van der Waals surface area contributed by atoms with Gasteiger partial charge in [-0.05, 0) is 0 Å². The second-order valence-electron chi connectivity index (χ2n) is 25.6. The van der Waals surface area contributed by atoms with Gasteiger partial charge >= 0.3 is 335 Å². The fourth-order valence-corrected chi connectivity index (χ4v) is 16.7. The SMILES string of the molecule is CCCCCCCCCCCCCCCCCC(=O)[O][Ti](=[O])([O]C(=O)CCCCCCCCCCCCCCCCC)([C](=O)CCCCCCCCCCCCCCCCC)[C](=O)CCCCCCCCCCCCCCCCC. The topological polar surface area (TPSA) is 104 Å². The summed E-state index contributed by atoms with van der Waals surface area (Å²) in [5.74, 6) is -1.66. The summed E-state index contributed by atoms with van der Waals surface area (Å²) in [4.78, 5) is 56.9. The van der Waals surface area contributed by atoms with Crippen LogP contribution in [0.15, 0.2) is 0 Å². The minimum atomic E-state index is -7.28. The third-order valence-electron chi connectivity index (χ3n) is 17.5. The Labute approximate surface area is 501 Å². The van der Waals surface area contributed by atoms with Gasteiger partial charge in [0.2, 0.25) is 0 Å². The van der Waals surface area contributed by atoms with E-state index < -0.39 is 36.2 Å². The van der Waals surface area contributed by atoms with Crippen LogP contribution >= 0.6 is 0 Å². The smallest absolute Gasteiger partial charge is 0.0654 e. The second kappa shape index (κ2) is 60.9. The average molecular weight is 1170 g/mol. The second-order valence-corrected chi connectivity index (χ2v) is 31.0. The van der Waals surface area contributed by atoms with Gasteiger partial charge in [-0.2, -0.15) is 0 Å². The van der Waals surface area contributed by atoms with Crippen molar-refractivity contribution in [3.05, 3.63) is 0 Å². The summed E-state index contributed by atoms with van der Waals surface area (Å²) in [7, 11) is 0. The number of hydrogen-bond acceptors (Lipinski definition) is 7. The third-order valence-corrected chi connectivity index (χ3v) is 23.2. The fraction of sp³-hybridized carbons (Fsp3) is 0.944. The van der Waals surface area contributed by atoms with Crippen LogP contribution in [0.1, 0.15) is 439 Å². The summed E-state index contributed by atoms with van der Waals surface area (Å²) < 4.78 is 25.7. The molecular formula is C72H140O7Ti. The molecule has 0 saturated carbocycles. The molecule has 8 heteroatoms. The van der Waals surface area contributed by atoms with Crippen LogP contribution in [-0.4, -0.2) is 20.1 Å². The maximum atomic E-state index is 15.8. The van der Waals surface area contributed by atoms with Crippen molar-refractivity contribution in [2.24, 2.45) is 0 Å². The van der Waals surface area contributed by atoms with E-state index in [0.717, 1.165) is 89.9 Å². The molecule has 0 N–H and O–H groups in total. The van der Waals surface area contributed by atoms with Crippen LogP contribution in [0.2, 0.25) is 0 Å². The van der Waals surface area contributed by atoms with E-state index in [1.165, 1.54) is 270 Å². The zero-order valence-electron chi connectivity index (χ0n) is 54.6. The van der Waals surface area contributed by atoms with Crippen LogP contribution in [-0.2, 0) is 45.2 Å². The molecule has 474 valence electrons. The van der Waals surface area contributed by atoms with Gasteiger partial charge in [0.15, 0.2) is 0 Å². The Morgan fingerprint density at radius 3 is 0.475 bits per heavy atom. The van der Waals surface area contributed by atoms with E-state index in [4.69, 9.17) is 6.64 Å². The van der Waals surface area contributed by atoms with Crippen LogP contribution in [0.5, 0.6) is 0 Å². The number of carbonyl (C=O) groups is 4. The van der Waals surface area contributed by atoms with Crippen molar-refractivity contribution in [1.82, 2.24) is 0 Å². The standard InChI is InChI=1S/2C18H36O2.2C18H35O.O.Ti/c2*1-2-3-4-5-6-7-8-9-10-11-12-13-14-15-16-17-18(19)20;2*1-2-3-4-5-6-7-8-9-10-11-12-13-14-15-16-17-18-19;;/h2*2-17H2,1H3,(H,19,20);2*2-17H2,1H3;;/q;;;;;+2/p-2. The minimum Gasteiger partial charge on any atom is -0.0654 e. The van der Waals surface area contributed by atoms with E-state index in [0.29, 0.717) is 25.7 Å². The van der Waals surface area contributed by atoms with Crippen molar-refractivity contribution in [3.63, 3.8) is 0 Å². The van der Waals surface area contributed by atoms with Crippen molar-refractivity contribution in [1.29, 1.82) is 0 Å². The molecule has 0 heterocycles. The number of hydrogen-bond donors (Lipinski definition) is 0. The van der Waals surface area contributed by atoms with Gasteiger partial charge in [-0.25, -0.2) is 0 Å². The first kappa shape index (κ1) is 78.8. The molecule has 0 fully saturated rings. The molecule has 0 aromatic heterocycles. The van der Waals surface area contributed by atoms with E-state index in [2.05, 4.69) is 27.7 Å². The molecule has 0 aliphatic carbocycles. The van der Waals surface area contributed by atoms with Gasteiger partial charge < -0.3 is 0 Å². The molecule has 0 amide bonds. The van der Waals surface area contributed by atoms with Crippen LogP contribution < -0.4 is 0 Å². The Morgan fingerprint density at radius 2 is 0.325 bits per heavy atom. The molecule has 0 aromatic carbocycles. The quantitative estimate of drug-likeness (QED) is 0.0441. The first-order valence-corrected chi connectivity index (χ1v) is 40.1. The van der Waals surface area contributed by atoms with E-state index in [-0.39, 0.29) is 25.7 Å². The molecule has 0 rings (SSSR count). The summed E-state index contributed by atoms with van der Waals surface area (Å²) in [6.45, 7) is 9.07. The van der Waals surface area contributed by atoms with Gasteiger partial charge in [0, 0.05) is 0 Å². The average Bonchev–Trinajstić information content (AvgIpc) is 3.60. The summed E-state index contributed by atoms with van der Waals surface area (Å²) in [6.07, 6.45) is 70.3. The monoisotopic (exact) mass is 1170 g/mol. The van der Waals surface area contributed by atoms with E-state index >= 15 is 3.32 Å². The van der Waals surface area contributed by atoms with Gasteiger partial charge in [-0.3, -0.25) is 0 Å². The van der Waals surface area contributed by atoms with Crippen LogP contribution in [0.25, 0.3) is 0 Å². The van der Waals surface area contributed by atoms with Crippen molar-refractivity contribution in [2.75, 3.05) is 0 Å². The Morgan fingerprint density at radius 1 is 0.200 bits per heavy atom. The van der Waals surface area contributed by atoms with Crippen LogP contribution in [0.3, 0.4) is 0 Å². The summed E-state index contributed by atoms with van der Waals surface area (Å²) in [5, 5.41) is 0. The molecule has 7 nitrogen and oxygen atoms in total. The first-order chi connectivity index (χ1) is 39.2. The first-order valence-electron chi connectivity index (χ1n) is 36.6. The zero-order valence-corrected chi connectivity index (χ0v) is 56.2. The van der Waals surface area contributed by atoms with E-state index in [9.17, 15) is 19.2 Å². The van der Waals surface area contributed by atoms with Crippen LogP contribution in [0.4, 0.5) is 0 Å². The minimum absolute atomic E-state index is 0.0468. The molecule has 0 radical (unpaired) electrons. The maximum absolute atomic E-state index is 15.8. The van der Waals surface area contributed by atoms with Gasteiger partial charge in [0.25, 0.3) is 0 Å². The van der Waals surface area contributed by atoms with E-state index in [1.54, 1.807) is 0 Å². The van der Waals surface area contributed by atoms with Crippen molar-refractivity contribution in [2.45, 2.75) is 439 Å². The summed E-state index contributed by atoms with van der Waals surface area (Å²) in [6, 6.07) is 0. The molecule has 80 heavy (non-hydrogen) atoms. The van der Waals surface area contributed by atoms with Crippen molar-refractivity contribution < 1.29 is 45.2 Å². The summed E-state index contributed by atoms with van der Waals surface area (Å²) >= 11 is -7.28. The predicted molar refractivity (Wildman–Crippen MR) is 341 cm³/mol. The predicted octanol–water partition coefficient (Wildman–Crippen LogP) is 25.0. The number of carbonyl (C=O) groups excluding carboxylic acids is 4. The van der Waals surface area contributed by atoms with E-state index in [1.807, 2.05) is 0 Å². The van der Waals surface area contributed by atoms with Gasteiger partial charge in [-0.1, -0.05) is 169 Å². The Balaban J connectivity index is 5.60. The number of unbranched alkanes of at least 4 members (excludes halogenated alkanes) is 56. The molecule has 0 bridgehead atoms. The summed E-state index contributed by atoms with van der Waals surface area (Å²) in [5.41, 5.74) is 0. The van der Waals surface area contributed by atoms with Gasteiger partial charge in [0.05, 0.1) is 0 Å². The molecule has 0 aliphatic heterocycles. The van der Waals surface area contributed by atoms with Crippen molar-refractivity contribution >= 4 is 20.1 Å². The Bertz CT molecular complexity index is 1320. The van der Waals surface area contributed by atoms with Gasteiger partial charge in [0.1, 0.15) is 0 Å².